The summed E-state index contributed by atoms with van der Waals surface area (Å²) >= 11 is 8.84. The third kappa shape index (κ3) is 4.07. The Morgan fingerprint density at radius 2 is 2.08 bits per heavy atom. The molecule has 2 nitrogen and oxygen atoms in total. The monoisotopic (exact) mass is 205 g/mol. The van der Waals surface area contributed by atoms with E-state index in [1.807, 2.05) is 6.92 Å². The molecule has 0 radical (unpaired) electrons. The molecule has 0 N–H and O–H groups in total. The van der Waals surface area contributed by atoms with Crippen LogP contribution in [0.5, 0.6) is 0 Å². The van der Waals surface area contributed by atoms with Gasteiger partial charge in [-0.3, -0.25) is 9.69 Å². The molecule has 0 heterocycles. The van der Waals surface area contributed by atoms with Gasteiger partial charge in [-0.2, -0.15) is 0 Å². The van der Waals surface area contributed by atoms with Crippen molar-refractivity contribution in [2.45, 2.75) is 33.1 Å². The lowest BCUT2D eigenvalue weighted by Gasteiger charge is -2.19. The van der Waals surface area contributed by atoms with Crippen LogP contribution in [0.25, 0.3) is 0 Å². The minimum atomic E-state index is 0.0588. The van der Waals surface area contributed by atoms with Gasteiger partial charge in [0.2, 0.25) is 5.91 Å². The van der Waals surface area contributed by atoms with E-state index in [-0.39, 0.29) is 5.91 Å². The predicted octanol–water partition coefficient (Wildman–Crippen LogP) is 2.24. The van der Waals surface area contributed by atoms with Crippen molar-refractivity contribution in [1.82, 2.24) is 4.90 Å². The van der Waals surface area contributed by atoms with Crippen LogP contribution in [0.15, 0.2) is 0 Å². The molecule has 0 saturated carbocycles. The lowest BCUT2D eigenvalue weighted by Crippen LogP contribution is -2.33. The van der Waals surface area contributed by atoms with Gasteiger partial charge >= 0.3 is 0 Å². The molecular weight excluding hydrogens is 190 g/mol. The zero-order valence-electron chi connectivity index (χ0n) is 7.54. The molecule has 70 valence electrons. The van der Waals surface area contributed by atoms with Crippen molar-refractivity contribution in [1.29, 1.82) is 0 Å². The number of rotatable bonds is 4. The predicted molar refractivity (Wildman–Crippen MR) is 58.5 cm³/mol. The maximum absolute atomic E-state index is 11.2. The van der Waals surface area contributed by atoms with E-state index in [2.05, 4.69) is 19.6 Å². The number of amides is 1. The fourth-order valence-electron chi connectivity index (χ4n) is 0.834. The van der Waals surface area contributed by atoms with Crippen LogP contribution >= 0.6 is 24.8 Å². The number of carbonyl (C=O) groups excluding carboxylic acids is 1. The van der Waals surface area contributed by atoms with Gasteiger partial charge in [0.05, 0.1) is 0 Å². The Balaban J connectivity index is 4.04. The van der Waals surface area contributed by atoms with E-state index in [1.165, 1.54) is 0 Å². The Bertz CT molecular complexity index is 170. The van der Waals surface area contributed by atoms with E-state index in [9.17, 15) is 4.79 Å². The molecule has 0 rings (SSSR count). The molecule has 0 unspecified atom stereocenters. The normalized spacial score (nSPS) is 9.58. The quantitative estimate of drug-likeness (QED) is 0.561. The molecule has 4 heteroatoms. The van der Waals surface area contributed by atoms with E-state index >= 15 is 0 Å². The molecule has 12 heavy (non-hydrogen) atoms. The molecule has 0 fully saturated rings. The van der Waals surface area contributed by atoms with Crippen LogP contribution in [-0.2, 0) is 4.79 Å². The van der Waals surface area contributed by atoms with Gasteiger partial charge in [0.25, 0.3) is 0 Å². The number of hydrogen-bond donors (Lipinski definition) is 1. The standard InChI is InChI=1S/C8H15NOS2/c1-3-5-6-9(8(11)12)7(10)4-2/h3-6H2,1-2H3,(H,11,12). The molecule has 1 amide bonds. The number of carbonyl (C=O) groups is 1. The van der Waals surface area contributed by atoms with Crippen molar-refractivity contribution >= 4 is 35.1 Å². The van der Waals surface area contributed by atoms with Crippen LogP contribution in [0.1, 0.15) is 33.1 Å². The largest absolute Gasteiger partial charge is 0.298 e. The second kappa shape index (κ2) is 6.43. The average Bonchev–Trinajstić information content (AvgIpc) is 2.04. The second-order valence-corrected chi connectivity index (χ2v) is 3.65. The lowest BCUT2D eigenvalue weighted by atomic mass is 10.3. The summed E-state index contributed by atoms with van der Waals surface area (Å²) in [6, 6.07) is 0. The highest BCUT2D eigenvalue weighted by Crippen LogP contribution is 2.03. The minimum absolute atomic E-state index is 0.0588. The van der Waals surface area contributed by atoms with Gasteiger partial charge in [-0.25, -0.2) is 0 Å². The molecule has 0 aromatic carbocycles. The topological polar surface area (TPSA) is 20.3 Å². The number of hydrogen-bond acceptors (Lipinski definition) is 2. The number of thiol groups is 1. The zero-order valence-corrected chi connectivity index (χ0v) is 9.25. The smallest absolute Gasteiger partial charge is 0.227 e. The van der Waals surface area contributed by atoms with E-state index in [1.54, 1.807) is 4.90 Å². The summed E-state index contributed by atoms with van der Waals surface area (Å²) in [6.07, 6.45) is 2.53. The third-order valence-corrected chi connectivity index (χ3v) is 2.03. The zero-order chi connectivity index (χ0) is 9.56. The molecule has 0 aromatic heterocycles. The van der Waals surface area contributed by atoms with Gasteiger partial charge in [0, 0.05) is 13.0 Å². The molecule has 0 atom stereocenters. The van der Waals surface area contributed by atoms with Crippen LogP contribution in [0.2, 0.25) is 0 Å². The lowest BCUT2D eigenvalue weighted by molar-refractivity contribution is -0.126. The van der Waals surface area contributed by atoms with Crippen LogP contribution in [-0.4, -0.2) is 21.7 Å². The van der Waals surface area contributed by atoms with Gasteiger partial charge in [-0.15, -0.1) is 12.6 Å². The summed E-state index contributed by atoms with van der Waals surface area (Å²) in [5.74, 6) is 0.0588. The fraction of sp³-hybridized carbons (Fsp3) is 0.750. The van der Waals surface area contributed by atoms with Gasteiger partial charge < -0.3 is 0 Å². The van der Waals surface area contributed by atoms with Crippen molar-refractivity contribution in [3.05, 3.63) is 0 Å². The maximum Gasteiger partial charge on any atom is 0.227 e. The van der Waals surface area contributed by atoms with Crippen LogP contribution in [0.4, 0.5) is 0 Å². The molecule has 0 aliphatic carbocycles. The van der Waals surface area contributed by atoms with E-state index in [0.29, 0.717) is 17.3 Å². The van der Waals surface area contributed by atoms with Crippen molar-refractivity contribution in [2.24, 2.45) is 0 Å². The highest BCUT2D eigenvalue weighted by molar-refractivity contribution is 8.11. The molecule has 0 bridgehead atoms. The Morgan fingerprint density at radius 1 is 1.50 bits per heavy atom. The highest BCUT2D eigenvalue weighted by Gasteiger charge is 2.12. The average molecular weight is 205 g/mol. The fourth-order valence-corrected chi connectivity index (χ4v) is 1.24. The Labute approximate surface area is 84.7 Å². The van der Waals surface area contributed by atoms with Gasteiger partial charge in [-0.05, 0) is 6.42 Å². The molecule has 0 aliphatic rings. The number of thiocarbonyl (C=S) groups is 1. The molecule has 0 saturated heterocycles. The summed E-state index contributed by atoms with van der Waals surface area (Å²) < 4.78 is 0.385. The third-order valence-electron chi connectivity index (χ3n) is 1.57. The Morgan fingerprint density at radius 3 is 2.42 bits per heavy atom. The van der Waals surface area contributed by atoms with E-state index in [0.717, 1.165) is 12.8 Å². The van der Waals surface area contributed by atoms with Gasteiger partial charge in [-0.1, -0.05) is 32.5 Å². The van der Waals surface area contributed by atoms with E-state index < -0.39 is 0 Å². The first-order valence-electron chi connectivity index (χ1n) is 4.16. The maximum atomic E-state index is 11.2. The van der Waals surface area contributed by atoms with Crippen LogP contribution in [0.3, 0.4) is 0 Å². The van der Waals surface area contributed by atoms with Crippen LogP contribution < -0.4 is 0 Å². The Kier molecular flexibility index (Phi) is 6.38. The van der Waals surface area contributed by atoms with Crippen molar-refractivity contribution in [3.63, 3.8) is 0 Å². The van der Waals surface area contributed by atoms with Gasteiger partial charge in [0.15, 0.2) is 0 Å². The number of nitrogens with zero attached hydrogens (tertiary/aromatic N) is 1. The van der Waals surface area contributed by atoms with Gasteiger partial charge in [0.1, 0.15) is 4.32 Å². The summed E-state index contributed by atoms with van der Waals surface area (Å²) in [5, 5.41) is 0. The molecule has 0 aromatic rings. The van der Waals surface area contributed by atoms with Crippen molar-refractivity contribution in [2.75, 3.05) is 6.54 Å². The molecule has 0 spiro atoms. The summed E-state index contributed by atoms with van der Waals surface area (Å²) in [4.78, 5) is 12.8. The summed E-state index contributed by atoms with van der Waals surface area (Å²) in [5.41, 5.74) is 0. The van der Waals surface area contributed by atoms with Crippen molar-refractivity contribution < 1.29 is 4.79 Å². The first kappa shape index (κ1) is 11.9. The SMILES string of the molecule is CCCCN(C(=O)CC)C(=S)S. The molecular formula is C8H15NOS2. The molecule has 0 aliphatic heterocycles. The van der Waals surface area contributed by atoms with Crippen LogP contribution in [0, 0.1) is 0 Å². The number of unbranched alkanes of at least 4 members (excludes halogenated alkanes) is 1. The second-order valence-electron chi connectivity index (χ2n) is 2.54. The summed E-state index contributed by atoms with van der Waals surface area (Å²) in [6.45, 7) is 4.61. The highest BCUT2D eigenvalue weighted by atomic mass is 32.1. The summed E-state index contributed by atoms with van der Waals surface area (Å²) in [7, 11) is 0. The van der Waals surface area contributed by atoms with E-state index in [4.69, 9.17) is 12.2 Å². The first-order chi connectivity index (χ1) is 5.63. The Hall–Kier alpha value is -0.0900. The van der Waals surface area contributed by atoms with Crippen molar-refractivity contribution in [3.8, 4) is 0 Å². The first-order valence-corrected chi connectivity index (χ1v) is 5.02. The minimum Gasteiger partial charge on any atom is -0.298 e.